The average Bonchev–Trinajstić information content (AvgIpc) is 2.17. The molecule has 0 spiro atoms. The van der Waals surface area contributed by atoms with Gasteiger partial charge in [-0.25, -0.2) is 13.8 Å². The fourth-order valence-corrected chi connectivity index (χ4v) is 1.10. The molecule has 1 rings (SSSR count). The smallest absolute Gasteiger partial charge is 0.217 e. The van der Waals surface area contributed by atoms with E-state index in [1.54, 1.807) is 6.07 Å². The van der Waals surface area contributed by atoms with E-state index in [1.165, 1.54) is 6.07 Å². The Balaban J connectivity index is 3.41. The number of nitrogens with zero attached hydrogens (tertiary/aromatic N) is 3. The predicted octanol–water partition coefficient (Wildman–Crippen LogP) is 2.10. The molecular weight excluding hydrogens is 207 g/mol. The van der Waals surface area contributed by atoms with E-state index in [-0.39, 0.29) is 12.0 Å². The van der Waals surface area contributed by atoms with Crippen molar-refractivity contribution in [2.75, 3.05) is 0 Å². The molecule has 0 amide bonds. The van der Waals surface area contributed by atoms with Crippen LogP contribution in [0.1, 0.15) is 23.2 Å². The molecule has 15 heavy (non-hydrogen) atoms. The number of nitriles is 2. The van der Waals surface area contributed by atoms with Crippen LogP contribution in [0.4, 0.5) is 13.2 Å². The molecule has 0 fully saturated rings. The monoisotopic (exact) mass is 211 g/mol. The van der Waals surface area contributed by atoms with Gasteiger partial charge in [0.2, 0.25) is 5.95 Å². The minimum atomic E-state index is -3.03. The molecule has 0 N–H and O–H groups in total. The first-order chi connectivity index (χ1) is 7.10. The lowest BCUT2D eigenvalue weighted by Gasteiger charge is -2.05. The van der Waals surface area contributed by atoms with E-state index >= 15 is 0 Å². The van der Waals surface area contributed by atoms with Crippen LogP contribution in [0.25, 0.3) is 0 Å². The largest absolute Gasteiger partial charge is 0.281 e. The van der Waals surface area contributed by atoms with E-state index in [0.29, 0.717) is 0 Å². The molecule has 1 heterocycles. The standard InChI is InChI=1S/C9H4F3N3/c10-7-3-5(1-2-13)6(4-14)8(15-7)9(11)12/h3,9H,1H2. The summed E-state index contributed by atoms with van der Waals surface area (Å²) in [6.45, 7) is 0. The third-order valence-corrected chi connectivity index (χ3v) is 1.69. The van der Waals surface area contributed by atoms with Crippen molar-refractivity contribution in [1.29, 1.82) is 10.5 Å². The molecule has 0 unspecified atom stereocenters. The van der Waals surface area contributed by atoms with Crippen LogP contribution in [0, 0.1) is 28.6 Å². The first-order valence-electron chi connectivity index (χ1n) is 3.84. The van der Waals surface area contributed by atoms with Crippen molar-refractivity contribution >= 4 is 0 Å². The van der Waals surface area contributed by atoms with Crippen LogP contribution in [-0.4, -0.2) is 4.98 Å². The number of alkyl halides is 2. The minimum absolute atomic E-state index is 0.0669. The molecule has 0 aromatic carbocycles. The summed E-state index contributed by atoms with van der Waals surface area (Å²) in [6.07, 6.45) is -3.34. The van der Waals surface area contributed by atoms with Crippen molar-refractivity contribution in [3.05, 3.63) is 28.8 Å². The second-order valence-electron chi connectivity index (χ2n) is 2.61. The van der Waals surface area contributed by atoms with Gasteiger partial charge in [-0.05, 0) is 11.6 Å². The maximum absolute atomic E-state index is 12.8. The quantitative estimate of drug-likeness (QED) is 0.703. The molecule has 1 aromatic heterocycles. The fraction of sp³-hybridized carbons (Fsp3) is 0.222. The van der Waals surface area contributed by atoms with Gasteiger partial charge in [-0.15, -0.1) is 0 Å². The summed E-state index contributed by atoms with van der Waals surface area (Å²) in [6, 6.07) is 3.97. The molecular formula is C9H4F3N3. The van der Waals surface area contributed by atoms with E-state index in [2.05, 4.69) is 4.98 Å². The van der Waals surface area contributed by atoms with Crippen molar-refractivity contribution in [2.45, 2.75) is 12.8 Å². The van der Waals surface area contributed by atoms with E-state index in [1.807, 2.05) is 0 Å². The Morgan fingerprint density at radius 1 is 1.40 bits per heavy atom. The van der Waals surface area contributed by atoms with Crippen LogP contribution in [0.3, 0.4) is 0 Å². The van der Waals surface area contributed by atoms with Crippen LogP contribution in [0.15, 0.2) is 6.07 Å². The first kappa shape index (κ1) is 11.0. The van der Waals surface area contributed by atoms with Crippen LogP contribution in [0.2, 0.25) is 0 Å². The molecule has 1 aromatic rings. The molecule has 0 saturated carbocycles. The molecule has 6 heteroatoms. The van der Waals surface area contributed by atoms with E-state index in [9.17, 15) is 13.2 Å². The van der Waals surface area contributed by atoms with Crippen molar-refractivity contribution < 1.29 is 13.2 Å². The van der Waals surface area contributed by atoms with Gasteiger partial charge < -0.3 is 0 Å². The predicted molar refractivity (Wildman–Crippen MR) is 43.2 cm³/mol. The van der Waals surface area contributed by atoms with Crippen molar-refractivity contribution in [3.63, 3.8) is 0 Å². The highest BCUT2D eigenvalue weighted by atomic mass is 19.3. The third-order valence-electron chi connectivity index (χ3n) is 1.69. The molecule has 0 aliphatic carbocycles. The Kier molecular flexibility index (Phi) is 3.25. The number of rotatable bonds is 2. The van der Waals surface area contributed by atoms with E-state index in [4.69, 9.17) is 10.5 Å². The van der Waals surface area contributed by atoms with Gasteiger partial charge in [0.25, 0.3) is 6.43 Å². The maximum atomic E-state index is 12.8. The summed E-state index contributed by atoms with van der Waals surface area (Å²) in [5.41, 5.74) is -1.40. The van der Waals surface area contributed by atoms with Crippen LogP contribution < -0.4 is 0 Å². The molecule has 3 nitrogen and oxygen atoms in total. The van der Waals surface area contributed by atoms with E-state index in [0.717, 1.165) is 6.07 Å². The van der Waals surface area contributed by atoms with Gasteiger partial charge in [0.15, 0.2) is 0 Å². The summed E-state index contributed by atoms with van der Waals surface area (Å²) in [7, 11) is 0. The molecule has 0 aliphatic heterocycles. The zero-order valence-electron chi connectivity index (χ0n) is 7.34. The van der Waals surface area contributed by atoms with Gasteiger partial charge in [0, 0.05) is 0 Å². The summed E-state index contributed by atoms with van der Waals surface area (Å²) in [5, 5.41) is 17.0. The lowest BCUT2D eigenvalue weighted by molar-refractivity contribution is 0.144. The molecule has 0 atom stereocenters. The summed E-state index contributed by atoms with van der Waals surface area (Å²) < 4.78 is 37.5. The minimum Gasteiger partial charge on any atom is -0.217 e. The van der Waals surface area contributed by atoms with Gasteiger partial charge in [0.05, 0.1) is 18.1 Å². The second kappa shape index (κ2) is 4.43. The Morgan fingerprint density at radius 3 is 2.53 bits per heavy atom. The zero-order valence-corrected chi connectivity index (χ0v) is 7.34. The molecule has 0 bridgehead atoms. The summed E-state index contributed by atoms with van der Waals surface area (Å²) in [4.78, 5) is 2.94. The Labute approximate surface area is 83.4 Å². The zero-order chi connectivity index (χ0) is 11.4. The molecule has 0 radical (unpaired) electrons. The number of pyridine rings is 1. The maximum Gasteiger partial charge on any atom is 0.281 e. The Hall–Kier alpha value is -2.08. The van der Waals surface area contributed by atoms with Gasteiger partial charge in [-0.2, -0.15) is 14.9 Å². The number of aromatic nitrogens is 1. The van der Waals surface area contributed by atoms with Gasteiger partial charge >= 0.3 is 0 Å². The molecule has 76 valence electrons. The van der Waals surface area contributed by atoms with Gasteiger partial charge in [0.1, 0.15) is 11.8 Å². The lowest BCUT2D eigenvalue weighted by Crippen LogP contribution is -2.03. The van der Waals surface area contributed by atoms with E-state index < -0.39 is 23.6 Å². The van der Waals surface area contributed by atoms with Gasteiger partial charge in [-0.3, -0.25) is 0 Å². The molecule has 0 aliphatic rings. The van der Waals surface area contributed by atoms with Crippen molar-refractivity contribution in [3.8, 4) is 12.1 Å². The van der Waals surface area contributed by atoms with Gasteiger partial charge in [-0.1, -0.05) is 0 Å². The highest BCUT2D eigenvalue weighted by molar-refractivity contribution is 5.42. The molecule has 0 saturated heterocycles. The van der Waals surface area contributed by atoms with Crippen LogP contribution in [-0.2, 0) is 6.42 Å². The van der Waals surface area contributed by atoms with Crippen LogP contribution >= 0.6 is 0 Å². The fourth-order valence-electron chi connectivity index (χ4n) is 1.10. The normalized spacial score (nSPS) is 9.73. The number of hydrogen-bond donors (Lipinski definition) is 0. The Morgan fingerprint density at radius 2 is 2.07 bits per heavy atom. The number of halogens is 3. The van der Waals surface area contributed by atoms with Crippen molar-refractivity contribution in [2.24, 2.45) is 0 Å². The topological polar surface area (TPSA) is 60.5 Å². The highest BCUT2D eigenvalue weighted by Crippen LogP contribution is 2.23. The first-order valence-corrected chi connectivity index (χ1v) is 3.84. The highest BCUT2D eigenvalue weighted by Gasteiger charge is 2.19. The summed E-state index contributed by atoms with van der Waals surface area (Å²) in [5.74, 6) is -1.12. The lowest BCUT2D eigenvalue weighted by atomic mass is 10.1. The summed E-state index contributed by atoms with van der Waals surface area (Å²) >= 11 is 0. The van der Waals surface area contributed by atoms with Crippen LogP contribution in [0.5, 0.6) is 0 Å². The average molecular weight is 211 g/mol. The van der Waals surface area contributed by atoms with Crippen molar-refractivity contribution in [1.82, 2.24) is 4.98 Å². The number of hydrogen-bond acceptors (Lipinski definition) is 3. The Bertz CT molecular complexity index is 457. The third kappa shape index (κ3) is 2.23. The second-order valence-corrected chi connectivity index (χ2v) is 2.61. The SMILES string of the molecule is N#CCc1cc(F)nc(C(F)F)c1C#N.